The van der Waals surface area contributed by atoms with Crippen LogP contribution in [0.2, 0.25) is 0 Å². The second-order valence-electron chi connectivity index (χ2n) is 4.54. The van der Waals surface area contributed by atoms with E-state index < -0.39 is 5.82 Å². The van der Waals surface area contributed by atoms with E-state index in [0.717, 1.165) is 5.69 Å². The van der Waals surface area contributed by atoms with E-state index in [-0.39, 0.29) is 5.75 Å². The average molecular weight is 247 g/mol. The zero-order valence-corrected chi connectivity index (χ0v) is 9.81. The maximum absolute atomic E-state index is 13.2. The number of phenols is 1. The van der Waals surface area contributed by atoms with Gasteiger partial charge < -0.3 is 15.0 Å². The number of nitrogens with one attached hydrogen (secondary N) is 1. The van der Waals surface area contributed by atoms with E-state index in [0.29, 0.717) is 18.3 Å². The summed E-state index contributed by atoms with van der Waals surface area (Å²) in [5, 5.41) is 12.2. The number of aromatic hydroxyl groups is 1. The third kappa shape index (κ3) is 2.16. The Morgan fingerprint density at radius 2 is 2.28 bits per heavy atom. The van der Waals surface area contributed by atoms with Crippen LogP contribution >= 0.6 is 0 Å². The normalized spacial score (nSPS) is 14.7. The van der Waals surface area contributed by atoms with Crippen LogP contribution in [0.4, 0.5) is 10.1 Å². The van der Waals surface area contributed by atoms with Crippen molar-refractivity contribution in [2.24, 2.45) is 0 Å². The first-order chi connectivity index (χ1) is 8.74. The third-order valence-corrected chi connectivity index (χ3v) is 3.11. The summed E-state index contributed by atoms with van der Waals surface area (Å²) < 4.78 is 15.3. The van der Waals surface area contributed by atoms with Gasteiger partial charge in [-0.15, -0.1) is 0 Å². The van der Waals surface area contributed by atoms with Gasteiger partial charge >= 0.3 is 0 Å². The highest BCUT2D eigenvalue weighted by molar-refractivity contribution is 5.47. The van der Waals surface area contributed by atoms with Crippen LogP contribution in [0.5, 0.6) is 5.75 Å². The molecule has 0 bridgehead atoms. The van der Waals surface area contributed by atoms with Crippen molar-refractivity contribution in [3.8, 4) is 5.75 Å². The maximum atomic E-state index is 13.2. The van der Waals surface area contributed by atoms with E-state index in [1.807, 2.05) is 12.5 Å². The highest BCUT2D eigenvalue weighted by Gasteiger charge is 2.24. The van der Waals surface area contributed by atoms with Gasteiger partial charge in [-0.3, -0.25) is 0 Å². The molecule has 0 saturated heterocycles. The molecule has 1 fully saturated rings. The summed E-state index contributed by atoms with van der Waals surface area (Å²) >= 11 is 0. The van der Waals surface area contributed by atoms with Gasteiger partial charge in [0.25, 0.3) is 0 Å². The summed E-state index contributed by atoms with van der Waals surface area (Å²) in [6, 6.07) is 4.86. The Bertz CT molecular complexity index is 563. The van der Waals surface area contributed by atoms with Crippen molar-refractivity contribution in [1.82, 2.24) is 9.55 Å². The highest BCUT2D eigenvalue weighted by Crippen LogP contribution is 2.35. The Hall–Kier alpha value is -2.04. The second-order valence-corrected chi connectivity index (χ2v) is 4.54. The lowest BCUT2D eigenvalue weighted by atomic mass is 10.3. The quantitative estimate of drug-likeness (QED) is 0.817. The molecule has 1 saturated carbocycles. The molecule has 0 atom stereocenters. The topological polar surface area (TPSA) is 50.1 Å². The molecule has 3 rings (SSSR count). The molecule has 0 amide bonds. The summed E-state index contributed by atoms with van der Waals surface area (Å²) in [5.74, 6) is -0.945. The van der Waals surface area contributed by atoms with E-state index in [4.69, 9.17) is 5.11 Å². The first kappa shape index (κ1) is 11.1. The fraction of sp³-hybridized carbons (Fsp3) is 0.308. The van der Waals surface area contributed by atoms with Crippen molar-refractivity contribution in [2.75, 3.05) is 5.32 Å². The number of anilines is 1. The van der Waals surface area contributed by atoms with Gasteiger partial charge in [0.15, 0.2) is 11.6 Å². The van der Waals surface area contributed by atoms with E-state index in [1.165, 1.54) is 25.0 Å². The number of aromatic nitrogens is 2. The van der Waals surface area contributed by atoms with Gasteiger partial charge in [0.1, 0.15) is 0 Å². The molecular weight excluding hydrogens is 233 g/mol. The van der Waals surface area contributed by atoms with Crippen molar-refractivity contribution in [1.29, 1.82) is 0 Å². The van der Waals surface area contributed by atoms with Crippen molar-refractivity contribution < 1.29 is 9.50 Å². The molecule has 1 aliphatic rings. The smallest absolute Gasteiger partial charge is 0.166 e. The Morgan fingerprint density at radius 1 is 1.44 bits per heavy atom. The molecule has 2 aromatic rings. The standard InChI is InChI=1S/C13H14FN3O/c14-12-5-9(1-4-13(12)18)16-7-11-6-15-8-17(11)10-2-3-10/h1,4-6,8,10,16,18H,2-3,7H2. The lowest BCUT2D eigenvalue weighted by Gasteiger charge is -2.09. The number of phenolic OH excluding ortho intramolecular Hbond substituents is 1. The first-order valence-corrected chi connectivity index (χ1v) is 5.97. The van der Waals surface area contributed by atoms with Gasteiger partial charge in [-0.1, -0.05) is 0 Å². The Morgan fingerprint density at radius 3 is 3.00 bits per heavy atom. The van der Waals surface area contributed by atoms with E-state index in [2.05, 4.69) is 14.9 Å². The lowest BCUT2D eigenvalue weighted by Crippen LogP contribution is -2.06. The molecule has 0 aliphatic heterocycles. The van der Waals surface area contributed by atoms with Gasteiger partial charge in [0.2, 0.25) is 0 Å². The minimum Gasteiger partial charge on any atom is -0.505 e. The van der Waals surface area contributed by atoms with Gasteiger partial charge in [0.05, 0.1) is 18.6 Å². The van der Waals surface area contributed by atoms with Crippen LogP contribution in [-0.4, -0.2) is 14.7 Å². The van der Waals surface area contributed by atoms with Gasteiger partial charge in [-0.2, -0.15) is 0 Å². The summed E-state index contributed by atoms with van der Waals surface area (Å²) in [4.78, 5) is 4.14. The lowest BCUT2D eigenvalue weighted by molar-refractivity contribution is 0.432. The van der Waals surface area contributed by atoms with Gasteiger partial charge in [-0.05, 0) is 25.0 Å². The minimum atomic E-state index is -0.615. The van der Waals surface area contributed by atoms with Crippen LogP contribution < -0.4 is 5.32 Å². The van der Waals surface area contributed by atoms with Crippen LogP contribution in [-0.2, 0) is 6.54 Å². The predicted molar refractivity (Wildman–Crippen MR) is 65.9 cm³/mol. The van der Waals surface area contributed by atoms with Crippen LogP contribution in [0.15, 0.2) is 30.7 Å². The maximum Gasteiger partial charge on any atom is 0.166 e. The van der Waals surface area contributed by atoms with Crippen molar-refractivity contribution >= 4 is 5.69 Å². The fourth-order valence-electron chi connectivity index (χ4n) is 1.96. The van der Waals surface area contributed by atoms with E-state index in [1.54, 1.807) is 6.07 Å². The largest absolute Gasteiger partial charge is 0.505 e. The molecular formula is C13H14FN3O. The molecule has 5 heteroatoms. The second kappa shape index (κ2) is 4.33. The molecule has 2 N–H and O–H groups in total. The highest BCUT2D eigenvalue weighted by atomic mass is 19.1. The molecule has 94 valence electrons. The summed E-state index contributed by atoms with van der Waals surface area (Å²) in [6.07, 6.45) is 6.07. The number of rotatable bonds is 4. The van der Waals surface area contributed by atoms with Crippen LogP contribution in [0.25, 0.3) is 0 Å². The van der Waals surface area contributed by atoms with Gasteiger partial charge in [-0.25, -0.2) is 9.37 Å². The number of hydrogen-bond donors (Lipinski definition) is 2. The van der Waals surface area contributed by atoms with Gasteiger partial charge in [0, 0.05) is 24.0 Å². The third-order valence-electron chi connectivity index (χ3n) is 3.11. The number of halogens is 1. The SMILES string of the molecule is Oc1ccc(NCc2cncn2C2CC2)cc1F. The van der Waals surface area contributed by atoms with Crippen molar-refractivity contribution in [3.05, 3.63) is 42.2 Å². The molecule has 4 nitrogen and oxygen atoms in total. The van der Waals surface area contributed by atoms with Crippen molar-refractivity contribution in [2.45, 2.75) is 25.4 Å². The summed E-state index contributed by atoms with van der Waals surface area (Å²) in [5.41, 5.74) is 1.74. The number of nitrogens with zero attached hydrogens (tertiary/aromatic N) is 2. The van der Waals surface area contributed by atoms with Crippen LogP contribution in [0.1, 0.15) is 24.6 Å². The molecule has 1 aromatic carbocycles. The van der Waals surface area contributed by atoms with E-state index >= 15 is 0 Å². The number of hydrogen-bond acceptors (Lipinski definition) is 3. The fourth-order valence-corrected chi connectivity index (χ4v) is 1.96. The molecule has 0 unspecified atom stereocenters. The van der Waals surface area contributed by atoms with Crippen LogP contribution in [0.3, 0.4) is 0 Å². The summed E-state index contributed by atoms with van der Waals surface area (Å²) in [7, 11) is 0. The number of imidazole rings is 1. The average Bonchev–Trinajstić information content (AvgIpc) is 3.10. The first-order valence-electron chi connectivity index (χ1n) is 5.97. The Labute approximate surface area is 104 Å². The Balaban J connectivity index is 1.69. The zero-order valence-electron chi connectivity index (χ0n) is 9.81. The minimum absolute atomic E-state index is 0.330. The molecule has 18 heavy (non-hydrogen) atoms. The number of benzene rings is 1. The molecule has 0 radical (unpaired) electrons. The van der Waals surface area contributed by atoms with E-state index in [9.17, 15) is 4.39 Å². The monoisotopic (exact) mass is 247 g/mol. The van der Waals surface area contributed by atoms with Crippen LogP contribution in [0, 0.1) is 5.82 Å². The summed E-state index contributed by atoms with van der Waals surface area (Å²) in [6.45, 7) is 0.598. The molecule has 0 spiro atoms. The molecule has 1 aromatic heterocycles. The molecule has 1 heterocycles. The zero-order chi connectivity index (χ0) is 12.5. The van der Waals surface area contributed by atoms with Crippen molar-refractivity contribution in [3.63, 3.8) is 0 Å². The molecule has 1 aliphatic carbocycles. The predicted octanol–water partition coefficient (Wildman–Crippen LogP) is 2.67. The Kier molecular flexibility index (Phi) is 2.66.